The van der Waals surface area contributed by atoms with Crippen LogP contribution < -0.4 is 10.2 Å². The molecule has 2 rings (SSSR count). The van der Waals surface area contributed by atoms with Gasteiger partial charge in [0.1, 0.15) is 5.82 Å². The highest BCUT2D eigenvalue weighted by Crippen LogP contribution is 2.19. The summed E-state index contributed by atoms with van der Waals surface area (Å²) in [6, 6.07) is 6.87. The Kier molecular flexibility index (Phi) is 4.65. The van der Waals surface area contributed by atoms with Crippen LogP contribution in [0.15, 0.2) is 41.6 Å². The third kappa shape index (κ3) is 4.04. The van der Waals surface area contributed by atoms with Gasteiger partial charge in [0.15, 0.2) is 14.9 Å². The summed E-state index contributed by atoms with van der Waals surface area (Å²) in [5.74, 6) is -1.02. The lowest BCUT2D eigenvalue weighted by atomic mass is 10.1. The summed E-state index contributed by atoms with van der Waals surface area (Å²) >= 11 is 0. The van der Waals surface area contributed by atoms with E-state index in [2.05, 4.69) is 10.3 Å². The number of amides is 1. The SMILES string of the molecule is CN(C)c1ccc(C(=O)Nc2ccc(S(C)(=O)=O)nc2)cc1F. The van der Waals surface area contributed by atoms with Gasteiger partial charge in [0.25, 0.3) is 5.91 Å². The number of sulfone groups is 1. The molecule has 0 aliphatic heterocycles. The van der Waals surface area contributed by atoms with Gasteiger partial charge < -0.3 is 10.2 Å². The summed E-state index contributed by atoms with van der Waals surface area (Å²) in [7, 11) is 0.00628. The summed E-state index contributed by atoms with van der Waals surface area (Å²) in [6.07, 6.45) is 2.28. The smallest absolute Gasteiger partial charge is 0.255 e. The molecule has 1 amide bonds. The average Bonchev–Trinajstić information content (AvgIpc) is 2.46. The van der Waals surface area contributed by atoms with Gasteiger partial charge in [0.2, 0.25) is 0 Å². The van der Waals surface area contributed by atoms with E-state index in [1.807, 2.05) is 0 Å². The lowest BCUT2D eigenvalue weighted by molar-refractivity contribution is 0.102. The van der Waals surface area contributed by atoms with Crippen molar-refractivity contribution in [1.29, 1.82) is 0 Å². The Bertz CT molecular complexity index is 834. The number of rotatable bonds is 4. The van der Waals surface area contributed by atoms with Crippen LogP contribution in [-0.4, -0.2) is 39.7 Å². The van der Waals surface area contributed by atoms with Gasteiger partial charge in [-0.25, -0.2) is 17.8 Å². The van der Waals surface area contributed by atoms with Crippen molar-refractivity contribution >= 4 is 27.1 Å². The number of nitrogens with one attached hydrogen (secondary N) is 1. The van der Waals surface area contributed by atoms with E-state index >= 15 is 0 Å². The highest BCUT2D eigenvalue weighted by molar-refractivity contribution is 7.90. The van der Waals surface area contributed by atoms with E-state index in [-0.39, 0.29) is 10.6 Å². The van der Waals surface area contributed by atoms with Crippen LogP contribution in [0.3, 0.4) is 0 Å². The summed E-state index contributed by atoms with van der Waals surface area (Å²) < 4.78 is 36.5. The van der Waals surface area contributed by atoms with Gasteiger partial charge in [-0.2, -0.15) is 0 Å². The summed E-state index contributed by atoms with van der Waals surface area (Å²) in [6.45, 7) is 0. The molecule has 2 aromatic rings. The highest BCUT2D eigenvalue weighted by Gasteiger charge is 2.12. The largest absolute Gasteiger partial charge is 0.375 e. The van der Waals surface area contributed by atoms with Crippen molar-refractivity contribution in [3.05, 3.63) is 47.9 Å². The van der Waals surface area contributed by atoms with Gasteiger partial charge in [-0.15, -0.1) is 0 Å². The average molecular weight is 337 g/mol. The molecule has 8 heteroatoms. The minimum absolute atomic E-state index is 0.0862. The van der Waals surface area contributed by atoms with Crippen molar-refractivity contribution in [2.24, 2.45) is 0 Å². The van der Waals surface area contributed by atoms with Gasteiger partial charge in [-0.3, -0.25) is 4.79 Å². The van der Waals surface area contributed by atoms with Crippen molar-refractivity contribution in [1.82, 2.24) is 4.98 Å². The topological polar surface area (TPSA) is 79.4 Å². The Morgan fingerprint density at radius 3 is 2.39 bits per heavy atom. The molecule has 6 nitrogen and oxygen atoms in total. The van der Waals surface area contributed by atoms with Gasteiger partial charge >= 0.3 is 0 Å². The second kappa shape index (κ2) is 6.33. The fourth-order valence-corrected chi connectivity index (χ4v) is 2.45. The molecule has 0 saturated carbocycles. The zero-order chi connectivity index (χ0) is 17.2. The minimum Gasteiger partial charge on any atom is -0.375 e. The van der Waals surface area contributed by atoms with E-state index in [0.717, 1.165) is 12.3 Å². The molecule has 0 aliphatic carbocycles. The Labute approximate surface area is 133 Å². The van der Waals surface area contributed by atoms with Crippen molar-refractivity contribution in [3.8, 4) is 0 Å². The molecule has 0 saturated heterocycles. The van der Waals surface area contributed by atoms with Crippen LogP contribution in [0.1, 0.15) is 10.4 Å². The van der Waals surface area contributed by atoms with E-state index in [9.17, 15) is 17.6 Å². The molecular weight excluding hydrogens is 321 g/mol. The zero-order valence-corrected chi connectivity index (χ0v) is 13.7. The van der Waals surface area contributed by atoms with Gasteiger partial charge in [0, 0.05) is 25.9 Å². The molecular formula is C15H16FN3O3S. The van der Waals surface area contributed by atoms with Crippen molar-refractivity contribution < 1.29 is 17.6 Å². The molecule has 0 spiro atoms. The predicted molar refractivity (Wildman–Crippen MR) is 86.0 cm³/mol. The van der Waals surface area contributed by atoms with E-state index < -0.39 is 21.6 Å². The van der Waals surface area contributed by atoms with Crippen LogP contribution in [0, 0.1) is 5.82 Å². The predicted octanol–water partition coefficient (Wildman–Crippen LogP) is 1.94. The Morgan fingerprint density at radius 2 is 1.91 bits per heavy atom. The standard InChI is InChI=1S/C15H16FN3O3S/c1-19(2)13-6-4-10(8-12(13)16)15(20)18-11-5-7-14(17-9-11)23(3,21)22/h4-9H,1-3H3,(H,18,20). The molecule has 23 heavy (non-hydrogen) atoms. The van der Waals surface area contributed by atoms with E-state index in [4.69, 9.17) is 0 Å². The lowest BCUT2D eigenvalue weighted by Crippen LogP contribution is -2.15. The third-order valence-electron chi connectivity index (χ3n) is 3.07. The summed E-state index contributed by atoms with van der Waals surface area (Å²) in [5.41, 5.74) is 0.848. The molecule has 122 valence electrons. The molecule has 0 bridgehead atoms. The second-order valence-corrected chi connectivity index (χ2v) is 7.13. The first-order valence-electron chi connectivity index (χ1n) is 6.63. The first kappa shape index (κ1) is 16.9. The van der Waals surface area contributed by atoms with Crippen LogP contribution in [0.2, 0.25) is 0 Å². The molecule has 1 aromatic carbocycles. The monoisotopic (exact) mass is 337 g/mol. The summed E-state index contributed by atoms with van der Waals surface area (Å²) in [4.78, 5) is 17.5. The normalized spacial score (nSPS) is 11.1. The van der Waals surface area contributed by atoms with Gasteiger partial charge in [-0.05, 0) is 30.3 Å². The third-order valence-corrected chi connectivity index (χ3v) is 4.07. The van der Waals surface area contributed by atoms with Crippen molar-refractivity contribution in [2.45, 2.75) is 5.03 Å². The molecule has 0 aliphatic rings. The minimum atomic E-state index is -3.40. The van der Waals surface area contributed by atoms with Crippen LogP contribution in [0.4, 0.5) is 15.8 Å². The Balaban J connectivity index is 2.17. The molecule has 0 unspecified atom stereocenters. The van der Waals surface area contributed by atoms with E-state index in [1.165, 1.54) is 30.5 Å². The Morgan fingerprint density at radius 1 is 1.22 bits per heavy atom. The van der Waals surface area contributed by atoms with Crippen LogP contribution in [0.5, 0.6) is 0 Å². The number of halogens is 1. The lowest BCUT2D eigenvalue weighted by Gasteiger charge is -2.14. The number of hydrogen-bond donors (Lipinski definition) is 1. The molecule has 1 heterocycles. The fraction of sp³-hybridized carbons (Fsp3) is 0.200. The van der Waals surface area contributed by atoms with Crippen LogP contribution in [-0.2, 0) is 9.84 Å². The van der Waals surface area contributed by atoms with E-state index in [0.29, 0.717) is 11.4 Å². The fourth-order valence-electron chi connectivity index (χ4n) is 1.89. The number of carbonyl (C=O) groups excluding carboxylic acids is 1. The number of anilines is 2. The van der Waals surface area contributed by atoms with Gasteiger partial charge in [-0.1, -0.05) is 0 Å². The quantitative estimate of drug-likeness (QED) is 0.922. The molecule has 0 atom stereocenters. The number of benzene rings is 1. The zero-order valence-electron chi connectivity index (χ0n) is 12.9. The number of carbonyl (C=O) groups is 1. The highest BCUT2D eigenvalue weighted by atomic mass is 32.2. The first-order chi connectivity index (χ1) is 10.7. The Hall–Kier alpha value is -2.48. The van der Waals surface area contributed by atoms with Crippen LogP contribution in [0.25, 0.3) is 0 Å². The van der Waals surface area contributed by atoms with Crippen molar-refractivity contribution in [3.63, 3.8) is 0 Å². The maximum atomic E-state index is 13.9. The maximum absolute atomic E-state index is 13.9. The van der Waals surface area contributed by atoms with Crippen molar-refractivity contribution in [2.75, 3.05) is 30.6 Å². The molecule has 0 fully saturated rings. The number of aromatic nitrogens is 1. The maximum Gasteiger partial charge on any atom is 0.255 e. The van der Waals surface area contributed by atoms with E-state index in [1.54, 1.807) is 19.0 Å². The van der Waals surface area contributed by atoms with Crippen LogP contribution >= 0.6 is 0 Å². The van der Waals surface area contributed by atoms with Gasteiger partial charge in [0.05, 0.1) is 17.6 Å². The molecule has 1 N–H and O–H groups in total. The number of nitrogens with zero attached hydrogens (tertiary/aromatic N) is 2. The first-order valence-corrected chi connectivity index (χ1v) is 8.52. The summed E-state index contributed by atoms with van der Waals surface area (Å²) in [5, 5.41) is 2.45. The number of pyridine rings is 1. The molecule has 1 aromatic heterocycles. The number of hydrogen-bond acceptors (Lipinski definition) is 5. The molecule has 0 radical (unpaired) electrons. The second-order valence-electron chi connectivity index (χ2n) is 5.17.